The zero-order valence-corrected chi connectivity index (χ0v) is 15.9. The van der Waals surface area contributed by atoms with Crippen LogP contribution in [0.25, 0.3) is 0 Å². The highest BCUT2D eigenvalue weighted by Gasteiger charge is 2.41. The summed E-state index contributed by atoms with van der Waals surface area (Å²) in [6, 6.07) is 5.67. The first-order valence-corrected chi connectivity index (χ1v) is 9.40. The van der Waals surface area contributed by atoms with E-state index in [0.717, 1.165) is 4.90 Å². The van der Waals surface area contributed by atoms with Crippen molar-refractivity contribution >= 4 is 29.4 Å². The summed E-state index contributed by atoms with van der Waals surface area (Å²) < 4.78 is 0. The highest BCUT2D eigenvalue weighted by Crippen LogP contribution is 2.30. The van der Waals surface area contributed by atoms with Crippen LogP contribution in [0, 0.1) is 10.1 Å². The van der Waals surface area contributed by atoms with Gasteiger partial charge < -0.3 is 9.80 Å². The Morgan fingerprint density at radius 1 is 1.03 bits per heavy atom. The van der Waals surface area contributed by atoms with Crippen LogP contribution in [-0.2, 0) is 4.79 Å². The van der Waals surface area contributed by atoms with E-state index < -0.39 is 22.4 Å². The lowest BCUT2D eigenvalue weighted by Gasteiger charge is -2.34. The van der Waals surface area contributed by atoms with Crippen molar-refractivity contribution in [2.45, 2.75) is 6.42 Å². The molecule has 0 N–H and O–H groups in total. The molecule has 0 bridgehead atoms. The Kier molecular flexibility index (Phi) is 5.09. The average Bonchev–Trinajstić information content (AvgIpc) is 3.02. The van der Waals surface area contributed by atoms with Crippen molar-refractivity contribution in [3.05, 3.63) is 57.9 Å². The van der Waals surface area contributed by atoms with Crippen molar-refractivity contribution in [1.82, 2.24) is 19.8 Å². The van der Waals surface area contributed by atoms with Crippen molar-refractivity contribution in [2.24, 2.45) is 0 Å². The lowest BCUT2D eigenvalue weighted by molar-refractivity contribution is -0.385. The number of carbonyl (C=O) groups is 3. The zero-order chi connectivity index (χ0) is 21.3. The molecule has 3 amide bonds. The van der Waals surface area contributed by atoms with Crippen LogP contribution in [0.2, 0.25) is 0 Å². The summed E-state index contributed by atoms with van der Waals surface area (Å²) in [6.07, 6.45) is 3.28. The van der Waals surface area contributed by atoms with Crippen molar-refractivity contribution in [1.29, 1.82) is 0 Å². The highest BCUT2D eigenvalue weighted by molar-refractivity contribution is 6.23. The molecule has 1 fully saturated rings. The number of fused-ring (bicyclic) bond motifs is 1. The summed E-state index contributed by atoms with van der Waals surface area (Å²) in [7, 11) is 0. The second kappa shape index (κ2) is 7.85. The Morgan fingerprint density at radius 3 is 2.40 bits per heavy atom. The van der Waals surface area contributed by atoms with E-state index >= 15 is 0 Å². The van der Waals surface area contributed by atoms with Gasteiger partial charge in [-0.3, -0.25) is 29.4 Å². The van der Waals surface area contributed by atoms with E-state index in [4.69, 9.17) is 0 Å². The molecule has 1 aromatic heterocycles. The quantitative estimate of drug-likeness (QED) is 0.400. The van der Waals surface area contributed by atoms with Gasteiger partial charge in [0.2, 0.25) is 11.9 Å². The Morgan fingerprint density at radius 2 is 1.73 bits per heavy atom. The molecule has 4 rings (SSSR count). The first-order valence-electron chi connectivity index (χ1n) is 9.40. The lowest BCUT2D eigenvalue weighted by Crippen LogP contribution is -2.49. The monoisotopic (exact) mass is 410 g/mol. The molecule has 0 saturated carbocycles. The third-order valence-electron chi connectivity index (χ3n) is 5.19. The molecule has 11 heteroatoms. The number of nitro benzene ring substituents is 1. The molecule has 2 aliphatic heterocycles. The van der Waals surface area contributed by atoms with Gasteiger partial charge in [-0.15, -0.1) is 0 Å². The van der Waals surface area contributed by atoms with Crippen LogP contribution in [0.15, 0.2) is 36.7 Å². The summed E-state index contributed by atoms with van der Waals surface area (Å²) >= 11 is 0. The zero-order valence-electron chi connectivity index (χ0n) is 15.9. The summed E-state index contributed by atoms with van der Waals surface area (Å²) in [5.74, 6) is -0.925. The largest absolute Gasteiger partial charge is 0.339 e. The standard InChI is InChI=1S/C19H18N6O5/c26-15(22-9-11-23(12-10-22)19-20-6-2-7-21-19)5-8-24-17(27)13-3-1-4-14(25(29)30)16(13)18(24)28/h1-4,6-7H,5,8-12H2. The second-order valence-corrected chi connectivity index (χ2v) is 6.89. The Hall–Kier alpha value is -3.89. The fourth-order valence-electron chi connectivity index (χ4n) is 3.65. The van der Waals surface area contributed by atoms with Gasteiger partial charge in [-0.05, 0) is 12.1 Å². The number of hydrogen-bond acceptors (Lipinski definition) is 8. The number of carbonyl (C=O) groups excluding carboxylic acids is 3. The minimum Gasteiger partial charge on any atom is -0.339 e. The highest BCUT2D eigenvalue weighted by atomic mass is 16.6. The van der Waals surface area contributed by atoms with Gasteiger partial charge >= 0.3 is 0 Å². The van der Waals surface area contributed by atoms with Gasteiger partial charge in [0, 0.05) is 57.6 Å². The number of nitro groups is 1. The van der Waals surface area contributed by atoms with Gasteiger partial charge in [0.15, 0.2) is 0 Å². The van der Waals surface area contributed by atoms with E-state index in [1.807, 2.05) is 4.90 Å². The normalized spacial score (nSPS) is 16.1. The Labute approximate surface area is 171 Å². The van der Waals surface area contributed by atoms with Crippen molar-refractivity contribution in [3.63, 3.8) is 0 Å². The first kappa shape index (κ1) is 19.4. The van der Waals surface area contributed by atoms with Crippen molar-refractivity contribution in [3.8, 4) is 0 Å². The van der Waals surface area contributed by atoms with Crippen molar-refractivity contribution < 1.29 is 19.3 Å². The Balaban J connectivity index is 1.36. The molecule has 0 atom stereocenters. The first-order chi connectivity index (χ1) is 14.5. The fraction of sp³-hybridized carbons (Fsp3) is 0.316. The molecular formula is C19H18N6O5. The predicted molar refractivity (Wildman–Crippen MR) is 104 cm³/mol. The van der Waals surface area contributed by atoms with E-state index in [2.05, 4.69) is 9.97 Å². The van der Waals surface area contributed by atoms with Gasteiger partial charge in [-0.1, -0.05) is 6.07 Å². The molecule has 11 nitrogen and oxygen atoms in total. The summed E-state index contributed by atoms with van der Waals surface area (Å²) in [4.78, 5) is 61.1. The SMILES string of the molecule is O=C(CCN1C(=O)c2cccc([N+](=O)[O-])c2C1=O)N1CCN(c2ncccn2)CC1. The van der Waals surface area contributed by atoms with Gasteiger partial charge in [-0.25, -0.2) is 9.97 Å². The molecule has 0 unspecified atom stereocenters. The number of anilines is 1. The molecule has 3 heterocycles. The summed E-state index contributed by atoms with van der Waals surface area (Å²) in [5.41, 5.74) is -0.617. The average molecular weight is 410 g/mol. The maximum Gasteiger partial charge on any atom is 0.282 e. The molecule has 154 valence electrons. The number of hydrogen-bond donors (Lipinski definition) is 0. The van der Waals surface area contributed by atoms with Crippen LogP contribution in [0.4, 0.5) is 11.6 Å². The topological polar surface area (TPSA) is 130 Å². The van der Waals surface area contributed by atoms with E-state index in [9.17, 15) is 24.5 Å². The minimum absolute atomic E-state index is 0.00174. The molecule has 0 aliphatic carbocycles. The molecule has 2 aliphatic rings. The fourth-order valence-corrected chi connectivity index (χ4v) is 3.65. The smallest absolute Gasteiger partial charge is 0.282 e. The molecule has 0 radical (unpaired) electrons. The summed E-state index contributed by atoms with van der Waals surface area (Å²) in [6.45, 7) is 1.99. The van der Waals surface area contributed by atoms with Gasteiger partial charge in [-0.2, -0.15) is 0 Å². The number of piperazine rings is 1. The number of amides is 3. The van der Waals surface area contributed by atoms with Gasteiger partial charge in [0.1, 0.15) is 5.56 Å². The predicted octanol–water partition coefficient (Wildman–Crippen LogP) is 0.720. The third kappa shape index (κ3) is 3.45. The number of rotatable bonds is 5. The van der Waals surface area contributed by atoms with E-state index in [-0.39, 0.29) is 30.0 Å². The second-order valence-electron chi connectivity index (χ2n) is 6.89. The van der Waals surface area contributed by atoms with Crippen LogP contribution in [0.3, 0.4) is 0 Å². The number of benzene rings is 1. The van der Waals surface area contributed by atoms with Crippen LogP contribution in [-0.4, -0.2) is 75.1 Å². The van der Waals surface area contributed by atoms with Crippen molar-refractivity contribution in [2.75, 3.05) is 37.6 Å². The maximum atomic E-state index is 12.6. The van der Waals surface area contributed by atoms with E-state index in [1.165, 1.54) is 18.2 Å². The molecule has 1 aromatic carbocycles. The lowest BCUT2D eigenvalue weighted by atomic mass is 10.1. The van der Waals surface area contributed by atoms with E-state index in [1.54, 1.807) is 23.4 Å². The molecule has 30 heavy (non-hydrogen) atoms. The number of nitrogens with zero attached hydrogens (tertiary/aromatic N) is 6. The van der Waals surface area contributed by atoms with Crippen LogP contribution in [0.5, 0.6) is 0 Å². The van der Waals surface area contributed by atoms with Crippen LogP contribution in [0.1, 0.15) is 27.1 Å². The molecule has 0 spiro atoms. The summed E-state index contributed by atoms with van der Waals surface area (Å²) in [5, 5.41) is 11.2. The number of imide groups is 1. The Bertz CT molecular complexity index is 1020. The molecule has 1 saturated heterocycles. The maximum absolute atomic E-state index is 12.6. The van der Waals surface area contributed by atoms with Crippen LogP contribution >= 0.6 is 0 Å². The van der Waals surface area contributed by atoms with E-state index in [0.29, 0.717) is 32.1 Å². The van der Waals surface area contributed by atoms with Gasteiger partial charge in [0.05, 0.1) is 10.5 Å². The number of aromatic nitrogens is 2. The molecular weight excluding hydrogens is 392 g/mol. The van der Waals surface area contributed by atoms with Crippen LogP contribution < -0.4 is 4.90 Å². The van der Waals surface area contributed by atoms with Gasteiger partial charge in [0.25, 0.3) is 17.5 Å². The molecule has 2 aromatic rings. The third-order valence-corrected chi connectivity index (χ3v) is 5.19. The minimum atomic E-state index is -0.735.